The molecule has 1 fully saturated rings. The van der Waals surface area contributed by atoms with Crippen LogP contribution in [-0.2, 0) is 0 Å². The zero-order chi connectivity index (χ0) is 11.8. The quantitative estimate of drug-likeness (QED) is 0.245. The molecule has 2 heterocycles. The van der Waals surface area contributed by atoms with Crippen LogP contribution in [0.25, 0.3) is 0 Å². The molecular weight excluding hydrogens is 236 g/mol. The van der Waals surface area contributed by atoms with Crippen LogP contribution in [0.5, 0.6) is 0 Å². The second-order valence-electron chi connectivity index (χ2n) is 4.49. The van der Waals surface area contributed by atoms with Crippen molar-refractivity contribution >= 4 is 17.4 Å². The summed E-state index contributed by atoms with van der Waals surface area (Å²) in [6.07, 6.45) is 9.54. The van der Waals surface area contributed by atoms with Gasteiger partial charge in [0.1, 0.15) is 11.0 Å². The molecule has 90 valence electrons. The maximum Gasteiger partial charge on any atom is 0.137 e. The van der Waals surface area contributed by atoms with Gasteiger partial charge in [-0.3, -0.25) is 4.90 Å². The molecule has 0 aromatic heterocycles. The van der Waals surface area contributed by atoms with Crippen LogP contribution < -0.4 is 11.2 Å². The zero-order valence-corrected chi connectivity index (χ0v) is 10.2. The fourth-order valence-corrected chi connectivity index (χ4v) is 2.64. The molecule has 3 rings (SSSR count). The number of hydrogen-bond donors (Lipinski definition) is 2. The Hall–Kier alpha value is -1.42. The van der Waals surface area contributed by atoms with Crippen LogP contribution in [0.2, 0.25) is 0 Å². The largest absolute Gasteiger partial charge is 0.380 e. The van der Waals surface area contributed by atoms with Gasteiger partial charge in [0.2, 0.25) is 0 Å². The Labute approximate surface area is 105 Å². The maximum absolute atomic E-state index is 6.29. The maximum atomic E-state index is 6.29. The molecule has 0 aromatic carbocycles. The van der Waals surface area contributed by atoms with E-state index in [4.69, 9.17) is 17.4 Å². The summed E-state index contributed by atoms with van der Waals surface area (Å²) in [5.41, 5.74) is 2.17. The molecule has 17 heavy (non-hydrogen) atoms. The Morgan fingerprint density at radius 2 is 2.29 bits per heavy atom. The molecular formula is C12H15ClN4. The van der Waals surface area contributed by atoms with Crippen LogP contribution in [0, 0.1) is 5.92 Å². The molecule has 0 saturated heterocycles. The highest BCUT2D eigenvalue weighted by Gasteiger charge is 2.33. The van der Waals surface area contributed by atoms with Gasteiger partial charge >= 0.3 is 0 Å². The lowest BCUT2D eigenvalue weighted by Gasteiger charge is -2.36. The van der Waals surface area contributed by atoms with E-state index in [1.165, 1.54) is 6.42 Å². The second-order valence-corrected chi connectivity index (χ2v) is 4.88. The van der Waals surface area contributed by atoms with Gasteiger partial charge < -0.3 is 11.2 Å². The highest BCUT2D eigenvalue weighted by atomic mass is 35.5. The summed E-state index contributed by atoms with van der Waals surface area (Å²) < 4.78 is 0. The molecule has 0 bridgehead atoms. The van der Waals surface area contributed by atoms with Gasteiger partial charge in [-0.15, -0.1) is 0 Å². The fraction of sp³-hybridized carbons (Fsp3) is 0.417. The number of nitrogens with two attached hydrogens (primary N) is 1. The lowest BCUT2D eigenvalue weighted by molar-refractivity contribution is 0.384. The van der Waals surface area contributed by atoms with E-state index >= 15 is 0 Å². The molecule has 0 radical (unpaired) electrons. The minimum Gasteiger partial charge on any atom is -0.380 e. The van der Waals surface area contributed by atoms with Gasteiger partial charge in [0.25, 0.3) is 0 Å². The first-order valence-electron chi connectivity index (χ1n) is 5.91. The molecule has 0 spiro atoms. The summed E-state index contributed by atoms with van der Waals surface area (Å²) >= 11 is 6.29. The Bertz CT molecular complexity index is 457. The first-order valence-corrected chi connectivity index (χ1v) is 6.29. The summed E-state index contributed by atoms with van der Waals surface area (Å²) in [5, 5.41) is 7.92. The van der Waals surface area contributed by atoms with Gasteiger partial charge in [0.15, 0.2) is 0 Å². The van der Waals surface area contributed by atoms with E-state index in [0.717, 1.165) is 36.6 Å². The number of amidine groups is 1. The van der Waals surface area contributed by atoms with E-state index in [2.05, 4.69) is 16.5 Å². The lowest BCUT2D eigenvalue weighted by Crippen LogP contribution is -2.39. The van der Waals surface area contributed by atoms with Crippen molar-refractivity contribution in [3.05, 3.63) is 34.8 Å². The number of hydrazone groups is 1. The Morgan fingerprint density at radius 1 is 1.47 bits per heavy atom. The van der Waals surface area contributed by atoms with Crippen molar-refractivity contribution in [3.63, 3.8) is 0 Å². The Balaban J connectivity index is 1.95. The van der Waals surface area contributed by atoms with Crippen LogP contribution in [0.15, 0.2) is 39.9 Å². The molecule has 0 amide bonds. The number of nitrogens with zero attached hydrogens (tertiary/aromatic N) is 2. The Kier molecular flexibility index (Phi) is 2.59. The van der Waals surface area contributed by atoms with E-state index in [0.29, 0.717) is 11.1 Å². The highest BCUT2D eigenvalue weighted by molar-refractivity contribution is 6.31. The summed E-state index contributed by atoms with van der Waals surface area (Å²) in [6.45, 7) is 0.832. The first kappa shape index (κ1) is 10.7. The monoisotopic (exact) mass is 250 g/mol. The number of hydrogen-bond acceptors (Lipinski definition) is 3. The van der Waals surface area contributed by atoms with Crippen molar-refractivity contribution in [1.29, 1.82) is 0 Å². The van der Waals surface area contributed by atoms with Crippen LogP contribution in [-0.4, -0.2) is 17.3 Å². The van der Waals surface area contributed by atoms with Gasteiger partial charge in [-0.05, 0) is 31.1 Å². The van der Waals surface area contributed by atoms with Crippen LogP contribution in [0.1, 0.15) is 19.3 Å². The average molecular weight is 251 g/mol. The predicted octanol–water partition coefficient (Wildman–Crippen LogP) is 1.83. The molecule has 0 unspecified atom stereocenters. The minimum absolute atomic E-state index is 0.447. The van der Waals surface area contributed by atoms with Gasteiger partial charge in [-0.25, -0.2) is 0 Å². The van der Waals surface area contributed by atoms with E-state index in [1.807, 2.05) is 17.1 Å². The zero-order valence-electron chi connectivity index (χ0n) is 9.49. The van der Waals surface area contributed by atoms with Crippen LogP contribution in [0.3, 0.4) is 0 Å². The summed E-state index contributed by atoms with van der Waals surface area (Å²) in [7, 11) is 0. The number of nitrogens with one attached hydrogen (secondary N) is 1. The lowest BCUT2D eigenvalue weighted by atomic mass is 9.83. The van der Waals surface area contributed by atoms with Crippen molar-refractivity contribution in [2.24, 2.45) is 16.9 Å². The number of rotatable bonds is 1. The van der Waals surface area contributed by atoms with Gasteiger partial charge in [0.05, 0.1) is 11.4 Å². The third kappa shape index (κ3) is 1.63. The molecule has 2 aliphatic heterocycles. The number of fused-ring (bicyclic) bond motifs is 1. The first-order chi connectivity index (χ1) is 8.31. The molecule has 1 saturated carbocycles. The summed E-state index contributed by atoms with van der Waals surface area (Å²) in [6, 6.07) is 0. The van der Waals surface area contributed by atoms with Crippen molar-refractivity contribution in [2.45, 2.75) is 19.3 Å². The predicted molar refractivity (Wildman–Crippen MR) is 68.9 cm³/mol. The van der Waals surface area contributed by atoms with E-state index in [1.54, 1.807) is 0 Å². The molecule has 4 nitrogen and oxygen atoms in total. The molecule has 5 heteroatoms. The minimum atomic E-state index is 0.447. The smallest absolute Gasteiger partial charge is 0.137 e. The molecule has 0 aromatic rings. The van der Waals surface area contributed by atoms with E-state index in [-0.39, 0.29) is 0 Å². The molecule has 1 aliphatic carbocycles. The van der Waals surface area contributed by atoms with E-state index in [9.17, 15) is 0 Å². The number of halogens is 1. The molecule has 0 atom stereocenters. The topological polar surface area (TPSA) is 53.6 Å². The Morgan fingerprint density at radius 3 is 2.94 bits per heavy atom. The standard InChI is InChI=1S/C12H15ClN4/c13-11-5-4-9-10(6-7-15-9)17(11)12(16-14)8-2-1-3-8/h4-6,8,15H,1-3,7,14H2. The SMILES string of the molecule is NN=C(C1CCC1)N1C(Cl)=CC=C2NCC=C21. The normalized spacial score (nSPS) is 24.4. The average Bonchev–Trinajstić information content (AvgIpc) is 2.72. The summed E-state index contributed by atoms with van der Waals surface area (Å²) in [4.78, 5) is 1.97. The number of allylic oxidation sites excluding steroid dienone is 2. The summed E-state index contributed by atoms with van der Waals surface area (Å²) in [5.74, 6) is 6.89. The third-order valence-electron chi connectivity index (χ3n) is 3.54. The molecule has 3 aliphatic rings. The molecule has 3 N–H and O–H groups in total. The fourth-order valence-electron chi connectivity index (χ4n) is 2.40. The van der Waals surface area contributed by atoms with Crippen LogP contribution >= 0.6 is 11.6 Å². The van der Waals surface area contributed by atoms with Crippen molar-refractivity contribution in [1.82, 2.24) is 10.2 Å². The highest BCUT2D eigenvalue weighted by Crippen LogP contribution is 2.36. The van der Waals surface area contributed by atoms with Crippen LogP contribution in [0.4, 0.5) is 0 Å². The van der Waals surface area contributed by atoms with Gasteiger partial charge in [-0.1, -0.05) is 18.0 Å². The van der Waals surface area contributed by atoms with Gasteiger partial charge in [0, 0.05) is 12.5 Å². The van der Waals surface area contributed by atoms with E-state index < -0.39 is 0 Å². The second kappa shape index (κ2) is 4.11. The van der Waals surface area contributed by atoms with Gasteiger partial charge in [-0.2, -0.15) is 5.10 Å². The van der Waals surface area contributed by atoms with Crippen molar-refractivity contribution in [3.8, 4) is 0 Å². The third-order valence-corrected chi connectivity index (χ3v) is 3.83. The van der Waals surface area contributed by atoms with Crippen molar-refractivity contribution in [2.75, 3.05) is 6.54 Å². The van der Waals surface area contributed by atoms with Crippen molar-refractivity contribution < 1.29 is 0 Å².